The lowest BCUT2D eigenvalue weighted by molar-refractivity contribution is -0.114. The molecule has 4 aromatic carbocycles. The van der Waals surface area contributed by atoms with Crippen LogP contribution in [-0.4, -0.2) is 26.8 Å². The predicted molar refractivity (Wildman–Crippen MR) is 161 cm³/mol. The molecule has 4 rings (SSSR count). The number of sulfonamides is 1. The average Bonchev–Trinajstić information content (AvgIpc) is 2.92. The van der Waals surface area contributed by atoms with E-state index in [4.69, 9.17) is 11.6 Å². The molecule has 0 aliphatic rings. The molecule has 0 atom stereocenters. The van der Waals surface area contributed by atoms with Gasteiger partial charge in [-0.25, -0.2) is 8.42 Å². The number of hydrogen-bond acceptors (Lipinski definition) is 4. The Bertz CT molecular complexity index is 1620. The number of carbonyl (C=O) groups excluding carboxylic acids is 2. The summed E-state index contributed by atoms with van der Waals surface area (Å²) < 4.78 is 28.0. The molecule has 40 heavy (non-hydrogen) atoms. The van der Waals surface area contributed by atoms with E-state index in [0.29, 0.717) is 22.0 Å². The normalized spacial score (nSPS) is 11.5. The van der Waals surface area contributed by atoms with Crippen molar-refractivity contribution in [2.75, 3.05) is 21.5 Å². The Morgan fingerprint density at radius 3 is 2.02 bits per heavy atom. The first kappa shape index (κ1) is 28.9. The molecule has 0 radical (unpaired) electrons. The predicted octanol–water partition coefficient (Wildman–Crippen LogP) is 6.72. The van der Waals surface area contributed by atoms with Gasteiger partial charge >= 0.3 is 0 Å². The van der Waals surface area contributed by atoms with Crippen molar-refractivity contribution in [2.24, 2.45) is 0 Å². The SMILES string of the molecule is CC(C)(C)c1ccc(C(=O)Nc2cccc(NC(=O)CN(c3cccc(Cl)c3)S(=O)(=O)c3ccccc3)c2)cc1. The van der Waals surface area contributed by atoms with Crippen LogP contribution in [0.15, 0.2) is 108 Å². The highest BCUT2D eigenvalue weighted by Crippen LogP contribution is 2.27. The standard InChI is InChI=1S/C31H30ClN3O4S/c1-31(2,3)23-17-15-22(16-18-23)30(37)34-26-11-8-10-25(20-26)33-29(36)21-35(27-12-7-9-24(32)19-27)40(38,39)28-13-5-4-6-14-28/h4-20H,21H2,1-3H3,(H,33,36)(H,34,37). The van der Waals surface area contributed by atoms with Crippen LogP contribution in [0, 0.1) is 0 Å². The summed E-state index contributed by atoms with van der Waals surface area (Å²) in [6.45, 7) is 5.82. The van der Waals surface area contributed by atoms with Crippen molar-refractivity contribution in [2.45, 2.75) is 31.1 Å². The quantitative estimate of drug-likeness (QED) is 0.244. The van der Waals surface area contributed by atoms with E-state index in [1.165, 1.54) is 18.2 Å². The minimum atomic E-state index is -4.07. The molecule has 0 heterocycles. The molecule has 0 bridgehead atoms. The van der Waals surface area contributed by atoms with Gasteiger partial charge in [-0.05, 0) is 71.6 Å². The van der Waals surface area contributed by atoms with Gasteiger partial charge in [0.05, 0.1) is 10.6 Å². The summed E-state index contributed by atoms with van der Waals surface area (Å²) in [6, 6.07) is 28.2. The average molecular weight is 576 g/mol. The third-order valence-corrected chi connectivity index (χ3v) is 8.16. The van der Waals surface area contributed by atoms with Crippen LogP contribution < -0.4 is 14.9 Å². The molecule has 2 N–H and O–H groups in total. The van der Waals surface area contributed by atoms with Crippen molar-refractivity contribution >= 4 is 50.5 Å². The van der Waals surface area contributed by atoms with Gasteiger partial charge in [0, 0.05) is 22.0 Å². The van der Waals surface area contributed by atoms with E-state index in [1.807, 2.05) is 12.1 Å². The van der Waals surface area contributed by atoms with E-state index in [2.05, 4.69) is 31.4 Å². The van der Waals surface area contributed by atoms with E-state index < -0.39 is 22.5 Å². The van der Waals surface area contributed by atoms with Gasteiger partial charge in [-0.15, -0.1) is 0 Å². The zero-order valence-corrected chi connectivity index (χ0v) is 24.0. The Labute approximate surface area is 239 Å². The molecule has 0 aliphatic carbocycles. The zero-order chi connectivity index (χ0) is 28.9. The molecule has 0 spiro atoms. The van der Waals surface area contributed by atoms with Crippen LogP contribution in [0.5, 0.6) is 0 Å². The van der Waals surface area contributed by atoms with Crippen molar-refractivity contribution in [3.8, 4) is 0 Å². The van der Waals surface area contributed by atoms with Crippen molar-refractivity contribution in [3.05, 3.63) is 119 Å². The first-order chi connectivity index (χ1) is 18.9. The molecule has 0 aliphatic heterocycles. The Kier molecular flexibility index (Phi) is 8.61. The summed E-state index contributed by atoms with van der Waals surface area (Å²) in [7, 11) is -4.07. The smallest absolute Gasteiger partial charge is 0.264 e. The van der Waals surface area contributed by atoms with Crippen molar-refractivity contribution in [1.29, 1.82) is 0 Å². The number of hydrogen-bond donors (Lipinski definition) is 2. The first-order valence-electron chi connectivity index (χ1n) is 12.6. The number of rotatable bonds is 8. The molecule has 0 unspecified atom stereocenters. The van der Waals surface area contributed by atoms with Crippen LogP contribution in [0.4, 0.5) is 17.1 Å². The number of benzene rings is 4. The monoisotopic (exact) mass is 575 g/mol. The highest BCUT2D eigenvalue weighted by atomic mass is 35.5. The van der Waals surface area contributed by atoms with Gasteiger partial charge in [-0.3, -0.25) is 13.9 Å². The van der Waals surface area contributed by atoms with Gasteiger partial charge in [-0.2, -0.15) is 0 Å². The second-order valence-corrected chi connectivity index (χ2v) is 12.5. The fourth-order valence-electron chi connectivity index (χ4n) is 4.00. The maximum absolute atomic E-state index is 13.5. The van der Waals surface area contributed by atoms with E-state index in [1.54, 1.807) is 72.8 Å². The minimum Gasteiger partial charge on any atom is -0.324 e. The Morgan fingerprint density at radius 2 is 1.40 bits per heavy atom. The molecule has 9 heteroatoms. The van der Waals surface area contributed by atoms with E-state index >= 15 is 0 Å². The Balaban J connectivity index is 1.50. The number of nitrogens with one attached hydrogen (secondary N) is 2. The first-order valence-corrected chi connectivity index (χ1v) is 14.4. The fourth-order valence-corrected chi connectivity index (χ4v) is 5.61. The van der Waals surface area contributed by atoms with E-state index in [9.17, 15) is 18.0 Å². The summed E-state index contributed by atoms with van der Waals surface area (Å²) in [6.07, 6.45) is 0. The van der Waals surface area contributed by atoms with Gasteiger partial charge in [0.2, 0.25) is 5.91 Å². The largest absolute Gasteiger partial charge is 0.324 e. The lowest BCUT2D eigenvalue weighted by Crippen LogP contribution is -2.38. The summed E-state index contributed by atoms with van der Waals surface area (Å²) in [5, 5.41) is 5.90. The van der Waals surface area contributed by atoms with E-state index in [0.717, 1.165) is 9.87 Å². The number of carbonyl (C=O) groups is 2. The molecule has 2 amide bonds. The van der Waals surface area contributed by atoms with Gasteiger partial charge in [0.1, 0.15) is 6.54 Å². The summed E-state index contributed by atoms with van der Waals surface area (Å²) in [4.78, 5) is 25.9. The van der Waals surface area contributed by atoms with Gasteiger partial charge < -0.3 is 10.6 Å². The number of halogens is 1. The molecular weight excluding hydrogens is 546 g/mol. The van der Waals surface area contributed by atoms with Crippen LogP contribution in [-0.2, 0) is 20.2 Å². The van der Waals surface area contributed by atoms with Gasteiger partial charge in [0.25, 0.3) is 15.9 Å². The van der Waals surface area contributed by atoms with Gasteiger partial charge in [-0.1, -0.05) is 74.8 Å². The maximum atomic E-state index is 13.5. The molecule has 0 saturated heterocycles. The molecule has 206 valence electrons. The molecule has 7 nitrogen and oxygen atoms in total. The lowest BCUT2D eigenvalue weighted by atomic mass is 9.87. The van der Waals surface area contributed by atoms with E-state index in [-0.39, 0.29) is 21.9 Å². The van der Waals surface area contributed by atoms with Crippen molar-refractivity contribution in [3.63, 3.8) is 0 Å². The summed E-state index contributed by atoms with van der Waals surface area (Å²) in [5.41, 5.74) is 2.73. The zero-order valence-electron chi connectivity index (χ0n) is 22.4. The molecule has 0 fully saturated rings. The van der Waals surface area contributed by atoms with Crippen LogP contribution in [0.1, 0.15) is 36.7 Å². The Hall–Kier alpha value is -4.14. The molecule has 0 saturated carbocycles. The highest BCUT2D eigenvalue weighted by molar-refractivity contribution is 7.92. The third-order valence-electron chi connectivity index (χ3n) is 6.13. The highest BCUT2D eigenvalue weighted by Gasteiger charge is 2.27. The van der Waals surface area contributed by atoms with Crippen molar-refractivity contribution in [1.82, 2.24) is 0 Å². The van der Waals surface area contributed by atoms with Gasteiger partial charge in [0.15, 0.2) is 0 Å². The summed E-state index contributed by atoms with van der Waals surface area (Å²) in [5.74, 6) is -0.856. The number of nitrogens with zero attached hydrogens (tertiary/aromatic N) is 1. The summed E-state index contributed by atoms with van der Waals surface area (Å²) >= 11 is 6.13. The second kappa shape index (κ2) is 11.9. The minimum absolute atomic E-state index is 0.0235. The number of amides is 2. The molecular formula is C31H30ClN3O4S. The topological polar surface area (TPSA) is 95.6 Å². The fraction of sp³-hybridized carbons (Fsp3) is 0.161. The van der Waals surface area contributed by atoms with Crippen LogP contribution in [0.25, 0.3) is 0 Å². The lowest BCUT2D eigenvalue weighted by Gasteiger charge is -2.24. The Morgan fingerprint density at radius 1 is 0.775 bits per heavy atom. The molecule has 4 aromatic rings. The molecule has 0 aromatic heterocycles. The third kappa shape index (κ3) is 7.08. The van der Waals surface area contributed by atoms with Crippen molar-refractivity contribution < 1.29 is 18.0 Å². The van der Waals surface area contributed by atoms with Crippen LogP contribution >= 0.6 is 11.6 Å². The maximum Gasteiger partial charge on any atom is 0.264 e. The second-order valence-electron chi connectivity index (χ2n) is 10.2. The van der Waals surface area contributed by atoms with Crippen LogP contribution in [0.2, 0.25) is 5.02 Å². The van der Waals surface area contributed by atoms with Crippen LogP contribution in [0.3, 0.4) is 0 Å². The number of anilines is 3.